The van der Waals surface area contributed by atoms with Crippen molar-refractivity contribution in [2.45, 2.75) is 17.2 Å². The Hall–Kier alpha value is -1.07. The second kappa shape index (κ2) is 3.50. The molecule has 0 saturated heterocycles. The third kappa shape index (κ3) is 1.61. The summed E-state index contributed by atoms with van der Waals surface area (Å²) in [5, 5.41) is 9.59. The molecule has 0 spiro atoms. The van der Waals surface area contributed by atoms with Gasteiger partial charge in [-0.1, -0.05) is 12.1 Å². The molecule has 1 aromatic rings. The predicted octanol–water partition coefficient (Wildman–Crippen LogP) is 0.612. The highest BCUT2D eigenvalue weighted by Gasteiger charge is 2.31. The van der Waals surface area contributed by atoms with Gasteiger partial charge in [0.1, 0.15) is 10.6 Å². The van der Waals surface area contributed by atoms with Gasteiger partial charge in [0, 0.05) is 0 Å². The van der Waals surface area contributed by atoms with Gasteiger partial charge in [0.05, 0.1) is 5.75 Å². The first-order valence-electron chi connectivity index (χ1n) is 4.81. The lowest BCUT2D eigenvalue weighted by Gasteiger charge is -2.24. The van der Waals surface area contributed by atoms with Crippen LogP contribution in [0.1, 0.15) is 17.9 Å². The minimum Gasteiger partial charge on any atom is -0.507 e. The number of hydrogen-bond acceptors (Lipinski definition) is 4. The Labute approximate surface area is 88.6 Å². The molecule has 0 fully saturated rings. The van der Waals surface area contributed by atoms with Crippen molar-refractivity contribution in [1.82, 2.24) is 0 Å². The topological polar surface area (TPSA) is 80.4 Å². The van der Waals surface area contributed by atoms with Crippen molar-refractivity contribution in [2.24, 2.45) is 5.73 Å². The number of phenols is 1. The van der Waals surface area contributed by atoms with Crippen LogP contribution in [0.15, 0.2) is 23.1 Å². The van der Waals surface area contributed by atoms with Crippen LogP contribution in [0.2, 0.25) is 0 Å². The summed E-state index contributed by atoms with van der Waals surface area (Å²) in [6, 6.07) is 4.77. The molecule has 1 atom stereocenters. The van der Waals surface area contributed by atoms with Crippen molar-refractivity contribution in [2.75, 3.05) is 12.3 Å². The highest BCUT2D eigenvalue weighted by atomic mass is 32.2. The fraction of sp³-hybridized carbons (Fsp3) is 0.400. The van der Waals surface area contributed by atoms with Gasteiger partial charge in [0.15, 0.2) is 9.84 Å². The zero-order chi connectivity index (χ0) is 11.1. The van der Waals surface area contributed by atoms with Crippen LogP contribution < -0.4 is 5.73 Å². The third-order valence-electron chi connectivity index (χ3n) is 2.80. The van der Waals surface area contributed by atoms with Crippen molar-refractivity contribution >= 4 is 9.84 Å². The van der Waals surface area contributed by atoms with Crippen molar-refractivity contribution in [3.8, 4) is 5.75 Å². The van der Waals surface area contributed by atoms with Crippen molar-refractivity contribution in [1.29, 1.82) is 0 Å². The van der Waals surface area contributed by atoms with Gasteiger partial charge in [0.25, 0.3) is 0 Å². The zero-order valence-electron chi connectivity index (χ0n) is 8.18. The fourth-order valence-corrected chi connectivity index (χ4v) is 3.78. The summed E-state index contributed by atoms with van der Waals surface area (Å²) in [4.78, 5) is 0.0756. The molecule has 0 aliphatic carbocycles. The number of aromatic hydroxyl groups is 1. The first-order valence-corrected chi connectivity index (χ1v) is 6.46. The minimum atomic E-state index is -3.32. The normalized spacial score (nSPS) is 23.4. The van der Waals surface area contributed by atoms with Gasteiger partial charge >= 0.3 is 0 Å². The quantitative estimate of drug-likeness (QED) is 0.736. The molecule has 3 N–H and O–H groups in total. The Bertz CT molecular complexity index is 481. The lowest BCUT2D eigenvalue weighted by atomic mass is 9.96. The average molecular weight is 227 g/mol. The number of fused-ring (bicyclic) bond motifs is 1. The SMILES string of the molecule is NCC1CCS(=O)(=O)c2c(O)cccc21. The molecule has 82 valence electrons. The number of hydrogen-bond donors (Lipinski definition) is 2. The van der Waals surface area contributed by atoms with Crippen molar-refractivity contribution < 1.29 is 13.5 Å². The zero-order valence-corrected chi connectivity index (χ0v) is 9.00. The van der Waals surface area contributed by atoms with E-state index in [0.29, 0.717) is 18.5 Å². The Morgan fingerprint density at radius 2 is 2.20 bits per heavy atom. The molecule has 0 bridgehead atoms. The Balaban J connectivity index is 2.69. The Morgan fingerprint density at radius 3 is 2.87 bits per heavy atom. The van der Waals surface area contributed by atoms with Crippen LogP contribution in [0, 0.1) is 0 Å². The van der Waals surface area contributed by atoms with Gasteiger partial charge in [-0.2, -0.15) is 0 Å². The summed E-state index contributed by atoms with van der Waals surface area (Å²) in [7, 11) is -3.32. The molecule has 0 radical (unpaired) electrons. The highest BCUT2D eigenvalue weighted by Crippen LogP contribution is 2.37. The van der Waals surface area contributed by atoms with Gasteiger partial charge in [-0.25, -0.2) is 8.42 Å². The lowest BCUT2D eigenvalue weighted by molar-refractivity contribution is 0.451. The van der Waals surface area contributed by atoms with E-state index >= 15 is 0 Å². The maximum atomic E-state index is 11.8. The molecular formula is C10H13NO3S. The van der Waals surface area contributed by atoms with E-state index in [4.69, 9.17) is 5.73 Å². The molecular weight excluding hydrogens is 214 g/mol. The fourth-order valence-electron chi connectivity index (χ4n) is 2.00. The number of nitrogens with two attached hydrogens (primary N) is 1. The molecule has 0 aromatic heterocycles. The van der Waals surface area contributed by atoms with Crippen LogP contribution in [-0.4, -0.2) is 25.8 Å². The summed E-state index contributed by atoms with van der Waals surface area (Å²) in [6.07, 6.45) is 0.537. The number of sulfone groups is 1. The van der Waals surface area contributed by atoms with E-state index in [-0.39, 0.29) is 22.3 Å². The van der Waals surface area contributed by atoms with Gasteiger partial charge in [-0.3, -0.25) is 0 Å². The number of benzene rings is 1. The first-order chi connectivity index (χ1) is 7.06. The van der Waals surface area contributed by atoms with Crippen LogP contribution in [-0.2, 0) is 9.84 Å². The summed E-state index contributed by atoms with van der Waals surface area (Å²) >= 11 is 0. The molecule has 5 heteroatoms. The van der Waals surface area contributed by atoms with E-state index in [0.717, 1.165) is 0 Å². The summed E-state index contributed by atoms with van der Waals surface area (Å²) in [5.41, 5.74) is 6.24. The van der Waals surface area contributed by atoms with Crippen LogP contribution in [0.3, 0.4) is 0 Å². The predicted molar refractivity (Wildman–Crippen MR) is 56.6 cm³/mol. The maximum absolute atomic E-state index is 11.8. The highest BCUT2D eigenvalue weighted by molar-refractivity contribution is 7.91. The molecule has 15 heavy (non-hydrogen) atoms. The van der Waals surface area contributed by atoms with Gasteiger partial charge < -0.3 is 10.8 Å². The molecule has 1 unspecified atom stereocenters. The molecule has 2 rings (SSSR count). The summed E-state index contributed by atoms with van der Waals surface area (Å²) in [5.74, 6) is -0.0549. The second-order valence-electron chi connectivity index (χ2n) is 3.74. The Kier molecular flexibility index (Phi) is 2.44. The largest absolute Gasteiger partial charge is 0.507 e. The van der Waals surface area contributed by atoms with Crippen LogP contribution in [0.25, 0.3) is 0 Å². The van der Waals surface area contributed by atoms with Crippen molar-refractivity contribution in [3.63, 3.8) is 0 Å². The van der Waals surface area contributed by atoms with Crippen LogP contribution >= 0.6 is 0 Å². The molecule has 4 nitrogen and oxygen atoms in total. The van der Waals surface area contributed by atoms with E-state index < -0.39 is 9.84 Å². The molecule has 1 aliphatic heterocycles. The lowest BCUT2D eigenvalue weighted by Crippen LogP contribution is -2.24. The molecule has 1 heterocycles. The smallest absolute Gasteiger partial charge is 0.182 e. The van der Waals surface area contributed by atoms with E-state index in [1.807, 2.05) is 0 Å². The van der Waals surface area contributed by atoms with Crippen molar-refractivity contribution in [3.05, 3.63) is 23.8 Å². The monoisotopic (exact) mass is 227 g/mol. The third-order valence-corrected chi connectivity index (χ3v) is 4.64. The average Bonchev–Trinajstić information content (AvgIpc) is 2.17. The molecule has 1 aromatic carbocycles. The molecule has 0 amide bonds. The maximum Gasteiger partial charge on any atom is 0.182 e. The Morgan fingerprint density at radius 1 is 1.47 bits per heavy atom. The van der Waals surface area contributed by atoms with E-state index in [9.17, 15) is 13.5 Å². The minimum absolute atomic E-state index is 0.0376. The number of rotatable bonds is 1. The van der Waals surface area contributed by atoms with Gasteiger partial charge in [0.2, 0.25) is 0 Å². The van der Waals surface area contributed by atoms with Crippen LogP contribution in [0.5, 0.6) is 5.75 Å². The van der Waals surface area contributed by atoms with Gasteiger partial charge in [-0.05, 0) is 30.5 Å². The summed E-state index contributed by atoms with van der Waals surface area (Å²) < 4.78 is 23.5. The standard InChI is InChI=1S/C10H13NO3S/c11-6-7-4-5-15(13,14)10-8(7)2-1-3-9(10)12/h1-3,7,12H,4-6,11H2. The number of phenolic OH excluding ortho intramolecular Hbond substituents is 1. The van der Waals surface area contributed by atoms with E-state index in [1.165, 1.54) is 6.07 Å². The second-order valence-corrected chi connectivity index (χ2v) is 5.78. The van der Waals surface area contributed by atoms with E-state index in [1.54, 1.807) is 12.1 Å². The molecule has 0 saturated carbocycles. The van der Waals surface area contributed by atoms with E-state index in [2.05, 4.69) is 0 Å². The summed E-state index contributed by atoms with van der Waals surface area (Å²) in [6.45, 7) is 0.409. The van der Waals surface area contributed by atoms with Gasteiger partial charge in [-0.15, -0.1) is 0 Å². The first kappa shape index (κ1) is 10.4. The van der Waals surface area contributed by atoms with Crippen LogP contribution in [0.4, 0.5) is 0 Å². The molecule has 1 aliphatic rings.